The maximum absolute atomic E-state index is 13.7. The summed E-state index contributed by atoms with van der Waals surface area (Å²) in [5.41, 5.74) is 0.587. The lowest BCUT2D eigenvalue weighted by molar-refractivity contribution is -0.128. The van der Waals surface area contributed by atoms with Gasteiger partial charge in [0, 0.05) is 29.5 Å². The van der Waals surface area contributed by atoms with Gasteiger partial charge >= 0.3 is 0 Å². The first-order valence-corrected chi connectivity index (χ1v) is 7.11. The molecule has 1 amide bonds. The second-order valence-electron chi connectivity index (χ2n) is 4.87. The average Bonchev–Trinajstić information content (AvgIpc) is 2.64. The second-order valence-corrected chi connectivity index (χ2v) is 5.78. The van der Waals surface area contributed by atoms with Crippen LogP contribution in [-0.2, 0) is 11.3 Å². The largest absolute Gasteiger partial charge is 0.338 e. The van der Waals surface area contributed by atoms with E-state index in [9.17, 15) is 9.18 Å². The fourth-order valence-corrected chi connectivity index (χ4v) is 2.80. The van der Waals surface area contributed by atoms with E-state index in [4.69, 9.17) is 0 Å². The highest BCUT2D eigenvalue weighted by Crippen LogP contribution is 2.25. The summed E-state index contributed by atoms with van der Waals surface area (Å²) in [4.78, 5) is 13.6. The maximum Gasteiger partial charge on any atom is 0.223 e. The number of nitrogens with zero attached hydrogens (tertiary/aromatic N) is 1. The molecule has 2 rings (SSSR count). The van der Waals surface area contributed by atoms with Crippen molar-refractivity contribution in [3.8, 4) is 0 Å². The predicted molar refractivity (Wildman–Crippen MR) is 72.5 cm³/mol. The van der Waals surface area contributed by atoms with Crippen molar-refractivity contribution < 1.29 is 9.18 Å². The van der Waals surface area contributed by atoms with Gasteiger partial charge in [0.2, 0.25) is 5.91 Å². The number of benzene rings is 1. The Balaban J connectivity index is 2.03. The number of hydrogen-bond donors (Lipinski definition) is 0. The number of carbonyl (C=O) groups excluding carboxylic acids is 1. The molecule has 1 atom stereocenters. The van der Waals surface area contributed by atoms with Crippen molar-refractivity contribution in [1.82, 2.24) is 4.90 Å². The highest BCUT2D eigenvalue weighted by atomic mass is 79.9. The van der Waals surface area contributed by atoms with Gasteiger partial charge in [-0.15, -0.1) is 0 Å². The minimum atomic E-state index is -0.254. The van der Waals surface area contributed by atoms with Gasteiger partial charge in [0.25, 0.3) is 0 Å². The minimum Gasteiger partial charge on any atom is -0.338 e. The summed E-state index contributed by atoms with van der Waals surface area (Å²) in [5.74, 6) is 0.341. The summed E-state index contributed by atoms with van der Waals surface area (Å²) in [6.45, 7) is 3.28. The number of halogens is 2. The smallest absolute Gasteiger partial charge is 0.223 e. The third-order valence-corrected chi connectivity index (χ3v) is 3.86. The molecule has 4 heteroatoms. The zero-order chi connectivity index (χ0) is 13.1. The van der Waals surface area contributed by atoms with Crippen LogP contribution in [0.25, 0.3) is 0 Å². The van der Waals surface area contributed by atoms with Crippen LogP contribution in [0.4, 0.5) is 4.39 Å². The van der Waals surface area contributed by atoms with Crippen molar-refractivity contribution in [2.24, 2.45) is 5.92 Å². The van der Waals surface area contributed by atoms with E-state index in [1.165, 1.54) is 6.07 Å². The first-order chi connectivity index (χ1) is 8.60. The summed E-state index contributed by atoms with van der Waals surface area (Å²) >= 11 is 3.23. The fourth-order valence-electron chi connectivity index (χ4n) is 2.46. The lowest BCUT2D eigenvalue weighted by atomic mass is 10.0. The highest BCUT2D eigenvalue weighted by molar-refractivity contribution is 9.10. The Morgan fingerprint density at radius 1 is 1.50 bits per heavy atom. The number of amides is 1. The summed E-state index contributed by atoms with van der Waals surface area (Å²) in [7, 11) is 0. The van der Waals surface area contributed by atoms with E-state index in [1.807, 2.05) is 6.07 Å². The van der Waals surface area contributed by atoms with Crippen molar-refractivity contribution in [2.75, 3.05) is 6.54 Å². The van der Waals surface area contributed by atoms with E-state index in [1.54, 1.807) is 11.0 Å². The third-order valence-electron chi connectivity index (χ3n) is 3.37. The lowest BCUT2D eigenvalue weighted by Gasteiger charge is -2.17. The van der Waals surface area contributed by atoms with Crippen LogP contribution in [0.1, 0.15) is 31.7 Å². The molecule has 1 fully saturated rings. The molecule has 1 aliphatic heterocycles. The van der Waals surface area contributed by atoms with Crippen LogP contribution in [-0.4, -0.2) is 17.4 Å². The molecule has 0 aromatic heterocycles. The summed E-state index contributed by atoms with van der Waals surface area (Å²) < 4.78 is 14.4. The molecular formula is C14H17BrFNO. The van der Waals surface area contributed by atoms with Gasteiger partial charge in [0.05, 0.1) is 0 Å². The van der Waals surface area contributed by atoms with E-state index >= 15 is 0 Å². The molecule has 2 nitrogen and oxygen atoms in total. The first kappa shape index (κ1) is 13.5. The zero-order valence-corrected chi connectivity index (χ0v) is 12.0. The molecule has 0 bridgehead atoms. The van der Waals surface area contributed by atoms with Crippen molar-refractivity contribution >= 4 is 21.8 Å². The van der Waals surface area contributed by atoms with Crippen LogP contribution in [0, 0.1) is 11.7 Å². The molecule has 1 aromatic rings. The average molecular weight is 314 g/mol. The first-order valence-electron chi connectivity index (χ1n) is 6.32. The number of hydrogen-bond acceptors (Lipinski definition) is 1. The predicted octanol–water partition coefficient (Wildman–Crippen LogP) is 3.74. The molecule has 1 aromatic carbocycles. The number of likely N-dealkylation sites (tertiary alicyclic amines) is 1. The molecule has 0 aliphatic carbocycles. The molecule has 1 heterocycles. The van der Waals surface area contributed by atoms with Gasteiger partial charge < -0.3 is 4.90 Å². The van der Waals surface area contributed by atoms with Crippen LogP contribution in [0.3, 0.4) is 0 Å². The number of rotatable bonds is 4. The lowest BCUT2D eigenvalue weighted by Crippen LogP contribution is -2.25. The van der Waals surface area contributed by atoms with Crippen molar-refractivity contribution in [3.63, 3.8) is 0 Å². The number of carbonyl (C=O) groups is 1. The second kappa shape index (κ2) is 5.83. The van der Waals surface area contributed by atoms with Crippen LogP contribution in [0.15, 0.2) is 22.7 Å². The Hall–Kier alpha value is -0.900. The van der Waals surface area contributed by atoms with E-state index in [-0.39, 0.29) is 11.7 Å². The van der Waals surface area contributed by atoms with Gasteiger partial charge in [-0.25, -0.2) is 4.39 Å². The standard InChI is InChI=1S/C14H17BrFNO/c1-2-3-10-6-14(18)17(8-10)9-11-4-5-12(15)7-13(11)16/h4-5,7,10H,2-3,6,8-9H2,1H3. The topological polar surface area (TPSA) is 20.3 Å². The Morgan fingerprint density at radius 3 is 2.94 bits per heavy atom. The molecule has 18 heavy (non-hydrogen) atoms. The molecule has 0 spiro atoms. The Labute approximate surface area is 115 Å². The van der Waals surface area contributed by atoms with Crippen LogP contribution in [0.2, 0.25) is 0 Å². The van der Waals surface area contributed by atoms with E-state index < -0.39 is 0 Å². The Morgan fingerprint density at radius 2 is 2.28 bits per heavy atom. The zero-order valence-electron chi connectivity index (χ0n) is 10.5. The summed E-state index contributed by atoms with van der Waals surface area (Å²) in [5, 5.41) is 0. The van der Waals surface area contributed by atoms with Crippen molar-refractivity contribution in [2.45, 2.75) is 32.7 Å². The molecule has 98 valence electrons. The van der Waals surface area contributed by atoms with Crippen molar-refractivity contribution in [3.05, 3.63) is 34.1 Å². The Bertz CT molecular complexity index is 449. The van der Waals surface area contributed by atoms with Gasteiger partial charge in [-0.2, -0.15) is 0 Å². The van der Waals surface area contributed by atoms with Crippen LogP contribution >= 0.6 is 15.9 Å². The fraction of sp³-hybridized carbons (Fsp3) is 0.500. The van der Waals surface area contributed by atoms with E-state index in [2.05, 4.69) is 22.9 Å². The molecule has 1 aliphatic rings. The SMILES string of the molecule is CCCC1CC(=O)N(Cc2ccc(Br)cc2F)C1. The van der Waals surface area contributed by atoms with Gasteiger partial charge in [0.15, 0.2) is 0 Å². The summed E-state index contributed by atoms with van der Waals surface area (Å²) in [6.07, 6.45) is 2.79. The van der Waals surface area contributed by atoms with Gasteiger partial charge in [0.1, 0.15) is 5.82 Å². The quantitative estimate of drug-likeness (QED) is 0.829. The molecule has 0 saturated carbocycles. The van der Waals surface area contributed by atoms with Gasteiger partial charge in [-0.1, -0.05) is 35.3 Å². The minimum absolute atomic E-state index is 0.149. The van der Waals surface area contributed by atoms with E-state index in [0.717, 1.165) is 23.9 Å². The Kier molecular flexibility index (Phi) is 4.38. The van der Waals surface area contributed by atoms with Gasteiger partial charge in [-0.3, -0.25) is 4.79 Å². The van der Waals surface area contributed by atoms with Gasteiger partial charge in [-0.05, 0) is 24.5 Å². The highest BCUT2D eigenvalue weighted by Gasteiger charge is 2.29. The molecular weight excluding hydrogens is 297 g/mol. The maximum atomic E-state index is 13.7. The molecule has 0 radical (unpaired) electrons. The van der Waals surface area contributed by atoms with Crippen LogP contribution in [0.5, 0.6) is 0 Å². The molecule has 1 unspecified atom stereocenters. The monoisotopic (exact) mass is 313 g/mol. The molecule has 1 saturated heterocycles. The van der Waals surface area contributed by atoms with Crippen molar-refractivity contribution in [1.29, 1.82) is 0 Å². The normalized spacial score (nSPS) is 19.6. The van der Waals surface area contributed by atoms with Crippen LogP contribution < -0.4 is 0 Å². The van der Waals surface area contributed by atoms with E-state index in [0.29, 0.717) is 24.4 Å². The third kappa shape index (κ3) is 3.10. The summed E-state index contributed by atoms with van der Waals surface area (Å²) in [6, 6.07) is 4.99. The molecule has 0 N–H and O–H groups in total.